The third kappa shape index (κ3) is 4.02. The van der Waals surface area contributed by atoms with Crippen molar-refractivity contribution in [3.63, 3.8) is 0 Å². The highest BCUT2D eigenvalue weighted by molar-refractivity contribution is 5.91. The fourth-order valence-electron chi connectivity index (χ4n) is 2.16. The van der Waals surface area contributed by atoms with E-state index in [0.29, 0.717) is 12.2 Å². The van der Waals surface area contributed by atoms with Crippen molar-refractivity contribution >= 4 is 5.97 Å². The molecule has 5 heteroatoms. The molecule has 0 atom stereocenters. The van der Waals surface area contributed by atoms with E-state index in [4.69, 9.17) is 4.74 Å². The average Bonchev–Trinajstić information content (AvgIpc) is 2.43. The topological polar surface area (TPSA) is 72.3 Å². The summed E-state index contributed by atoms with van der Waals surface area (Å²) in [6, 6.07) is 5.66. The quantitative estimate of drug-likeness (QED) is 0.827. The molecule has 0 aliphatic carbocycles. The minimum atomic E-state index is -1.01. The minimum absolute atomic E-state index is 0.143. The molecule has 0 fully saturated rings. The molecule has 0 amide bonds. The molecule has 2 aromatic rings. The predicted octanol–water partition coefficient (Wildman–Crippen LogP) is 2.80. The van der Waals surface area contributed by atoms with Crippen molar-refractivity contribution in [1.82, 2.24) is 9.97 Å². The summed E-state index contributed by atoms with van der Waals surface area (Å²) in [5.74, 6) is -0.807. The standard InChI is InChI=1S/C16H18N2O3/c1-11-10-12(2)18-15(14(11)16(19)20)21-9-3-4-13-5-7-17-8-6-13/h5-8,10H,3-4,9H2,1-2H3,(H,19,20). The van der Waals surface area contributed by atoms with E-state index in [1.807, 2.05) is 19.1 Å². The zero-order valence-electron chi connectivity index (χ0n) is 12.2. The van der Waals surface area contributed by atoms with Gasteiger partial charge in [-0.15, -0.1) is 0 Å². The lowest BCUT2D eigenvalue weighted by Crippen LogP contribution is -2.09. The largest absolute Gasteiger partial charge is 0.477 e. The number of pyridine rings is 2. The number of aromatic nitrogens is 2. The molecule has 2 rings (SSSR count). The van der Waals surface area contributed by atoms with Crippen LogP contribution in [0.15, 0.2) is 30.6 Å². The normalized spacial score (nSPS) is 10.4. The Labute approximate surface area is 123 Å². The molecular formula is C16H18N2O3. The number of nitrogens with zero attached hydrogens (tertiary/aromatic N) is 2. The minimum Gasteiger partial charge on any atom is -0.477 e. The van der Waals surface area contributed by atoms with Crippen LogP contribution in [0.4, 0.5) is 0 Å². The maximum absolute atomic E-state index is 11.3. The molecular weight excluding hydrogens is 268 g/mol. The van der Waals surface area contributed by atoms with E-state index in [0.717, 1.165) is 18.5 Å². The van der Waals surface area contributed by atoms with E-state index in [1.165, 1.54) is 5.56 Å². The van der Waals surface area contributed by atoms with E-state index >= 15 is 0 Å². The molecule has 21 heavy (non-hydrogen) atoms. The number of ether oxygens (including phenoxy) is 1. The summed E-state index contributed by atoms with van der Waals surface area (Å²) in [6.07, 6.45) is 5.15. The molecule has 0 aliphatic heterocycles. The number of carboxylic acid groups (broad SMARTS) is 1. The van der Waals surface area contributed by atoms with E-state index in [-0.39, 0.29) is 11.4 Å². The molecule has 0 unspecified atom stereocenters. The van der Waals surface area contributed by atoms with Gasteiger partial charge in [-0.05, 0) is 56.0 Å². The van der Waals surface area contributed by atoms with Crippen molar-refractivity contribution in [1.29, 1.82) is 0 Å². The Kier molecular flexibility index (Phi) is 4.87. The predicted molar refractivity (Wildman–Crippen MR) is 78.7 cm³/mol. The SMILES string of the molecule is Cc1cc(C)c(C(=O)O)c(OCCCc2ccncc2)n1. The molecule has 0 aliphatic rings. The lowest BCUT2D eigenvalue weighted by atomic mass is 10.1. The van der Waals surface area contributed by atoms with Gasteiger partial charge in [0.1, 0.15) is 5.56 Å². The van der Waals surface area contributed by atoms with E-state index in [1.54, 1.807) is 25.4 Å². The third-order valence-corrected chi connectivity index (χ3v) is 3.12. The number of aromatic carboxylic acids is 1. The number of carboxylic acids is 1. The summed E-state index contributed by atoms with van der Waals surface area (Å²) in [4.78, 5) is 19.4. The summed E-state index contributed by atoms with van der Waals surface area (Å²) in [5.41, 5.74) is 2.74. The molecule has 2 aromatic heterocycles. The monoisotopic (exact) mass is 286 g/mol. The van der Waals surface area contributed by atoms with Gasteiger partial charge in [0.15, 0.2) is 0 Å². The Balaban J connectivity index is 1.98. The molecule has 2 heterocycles. The summed E-state index contributed by atoms with van der Waals surface area (Å²) < 4.78 is 5.57. The van der Waals surface area contributed by atoms with Gasteiger partial charge >= 0.3 is 5.97 Å². The van der Waals surface area contributed by atoms with Gasteiger partial charge in [0.05, 0.1) is 6.61 Å². The molecule has 0 radical (unpaired) electrons. The summed E-state index contributed by atoms with van der Waals surface area (Å²) in [7, 11) is 0. The smallest absolute Gasteiger partial charge is 0.341 e. The Morgan fingerprint density at radius 2 is 2.00 bits per heavy atom. The number of carbonyl (C=O) groups is 1. The Hall–Kier alpha value is -2.43. The van der Waals surface area contributed by atoms with Gasteiger partial charge < -0.3 is 9.84 Å². The lowest BCUT2D eigenvalue weighted by molar-refractivity contribution is 0.0690. The van der Waals surface area contributed by atoms with Crippen molar-refractivity contribution in [3.8, 4) is 5.88 Å². The molecule has 110 valence electrons. The lowest BCUT2D eigenvalue weighted by Gasteiger charge is -2.11. The van der Waals surface area contributed by atoms with E-state index < -0.39 is 5.97 Å². The highest BCUT2D eigenvalue weighted by atomic mass is 16.5. The highest BCUT2D eigenvalue weighted by Gasteiger charge is 2.16. The zero-order valence-corrected chi connectivity index (χ0v) is 12.2. The summed E-state index contributed by atoms with van der Waals surface area (Å²) >= 11 is 0. The second-order valence-electron chi connectivity index (χ2n) is 4.87. The van der Waals surface area contributed by atoms with Crippen molar-refractivity contribution in [2.24, 2.45) is 0 Å². The van der Waals surface area contributed by atoms with Crippen LogP contribution >= 0.6 is 0 Å². The van der Waals surface area contributed by atoms with Gasteiger partial charge in [0, 0.05) is 18.1 Å². The van der Waals surface area contributed by atoms with Crippen LogP contribution in [0.1, 0.15) is 33.6 Å². The average molecular weight is 286 g/mol. The van der Waals surface area contributed by atoms with E-state index in [2.05, 4.69) is 9.97 Å². The molecule has 0 saturated heterocycles. The second kappa shape index (κ2) is 6.83. The molecule has 0 bridgehead atoms. The summed E-state index contributed by atoms with van der Waals surface area (Å²) in [6.45, 7) is 4.00. The van der Waals surface area contributed by atoms with Crippen LogP contribution in [0.25, 0.3) is 0 Å². The van der Waals surface area contributed by atoms with Crippen LogP contribution in [0.2, 0.25) is 0 Å². The number of hydrogen-bond donors (Lipinski definition) is 1. The van der Waals surface area contributed by atoms with Crippen LogP contribution in [0.5, 0.6) is 5.88 Å². The van der Waals surface area contributed by atoms with Crippen LogP contribution < -0.4 is 4.74 Å². The number of rotatable bonds is 6. The maximum Gasteiger partial charge on any atom is 0.341 e. The van der Waals surface area contributed by atoms with Gasteiger partial charge in [0.25, 0.3) is 0 Å². The van der Waals surface area contributed by atoms with Crippen molar-refractivity contribution < 1.29 is 14.6 Å². The van der Waals surface area contributed by atoms with Gasteiger partial charge in [-0.2, -0.15) is 0 Å². The van der Waals surface area contributed by atoms with Crippen LogP contribution in [0, 0.1) is 13.8 Å². The Bertz CT molecular complexity index is 627. The second-order valence-corrected chi connectivity index (χ2v) is 4.87. The Morgan fingerprint density at radius 1 is 1.29 bits per heavy atom. The molecule has 0 spiro atoms. The van der Waals surface area contributed by atoms with Crippen LogP contribution in [0.3, 0.4) is 0 Å². The van der Waals surface area contributed by atoms with Crippen molar-refractivity contribution in [3.05, 3.63) is 53.0 Å². The third-order valence-electron chi connectivity index (χ3n) is 3.12. The van der Waals surface area contributed by atoms with Gasteiger partial charge in [-0.1, -0.05) is 0 Å². The Morgan fingerprint density at radius 3 is 2.67 bits per heavy atom. The maximum atomic E-state index is 11.3. The highest BCUT2D eigenvalue weighted by Crippen LogP contribution is 2.21. The molecule has 0 aromatic carbocycles. The first-order chi connectivity index (χ1) is 10.1. The fraction of sp³-hybridized carbons (Fsp3) is 0.312. The molecule has 1 N–H and O–H groups in total. The summed E-state index contributed by atoms with van der Waals surface area (Å²) in [5, 5.41) is 9.24. The van der Waals surface area contributed by atoms with E-state index in [9.17, 15) is 9.90 Å². The van der Waals surface area contributed by atoms with Gasteiger partial charge in [-0.25, -0.2) is 9.78 Å². The molecule has 5 nitrogen and oxygen atoms in total. The van der Waals surface area contributed by atoms with Crippen LogP contribution in [-0.4, -0.2) is 27.7 Å². The van der Waals surface area contributed by atoms with Crippen molar-refractivity contribution in [2.45, 2.75) is 26.7 Å². The zero-order chi connectivity index (χ0) is 15.2. The first-order valence-corrected chi connectivity index (χ1v) is 6.81. The first-order valence-electron chi connectivity index (χ1n) is 6.81. The first kappa shape index (κ1) is 15.0. The van der Waals surface area contributed by atoms with Crippen LogP contribution in [-0.2, 0) is 6.42 Å². The van der Waals surface area contributed by atoms with Crippen molar-refractivity contribution in [2.75, 3.05) is 6.61 Å². The fourth-order valence-corrected chi connectivity index (χ4v) is 2.16. The van der Waals surface area contributed by atoms with Gasteiger partial charge in [-0.3, -0.25) is 4.98 Å². The number of hydrogen-bond acceptors (Lipinski definition) is 4. The van der Waals surface area contributed by atoms with Gasteiger partial charge in [0.2, 0.25) is 5.88 Å². The molecule has 0 saturated carbocycles. The number of aryl methyl sites for hydroxylation is 3.